The minimum Gasteiger partial charge on any atom is -0.378 e. The number of carbonyl (C=O) groups is 1. The summed E-state index contributed by atoms with van der Waals surface area (Å²) >= 11 is 2.95. The van der Waals surface area contributed by atoms with Gasteiger partial charge in [0.05, 0.1) is 39.8 Å². The van der Waals surface area contributed by atoms with E-state index in [0.29, 0.717) is 49.9 Å². The molecule has 35 heavy (non-hydrogen) atoms. The SMILES string of the molecule is CCCCNC(=O)CSc1nc2ccc(N=Cc3ccc(N4CCOCC4)c([N+](=O)[O-])c3)cc2s1. The molecule has 0 bridgehead atoms. The van der Waals surface area contributed by atoms with Gasteiger partial charge in [0.15, 0.2) is 4.34 Å². The molecule has 1 saturated heterocycles. The lowest BCUT2D eigenvalue weighted by Gasteiger charge is -2.28. The molecule has 1 amide bonds. The Bertz CT molecular complexity index is 1220. The zero-order valence-electron chi connectivity index (χ0n) is 19.4. The van der Waals surface area contributed by atoms with Gasteiger partial charge in [-0.05, 0) is 36.2 Å². The van der Waals surface area contributed by atoms with Gasteiger partial charge in [0.1, 0.15) is 5.69 Å². The first-order valence-electron chi connectivity index (χ1n) is 11.5. The number of nitro groups is 1. The maximum atomic E-state index is 11.9. The van der Waals surface area contributed by atoms with E-state index < -0.39 is 0 Å². The quantitative estimate of drug-likeness (QED) is 0.136. The molecule has 0 radical (unpaired) electrons. The molecule has 184 valence electrons. The van der Waals surface area contributed by atoms with Gasteiger partial charge < -0.3 is 15.0 Å². The smallest absolute Gasteiger partial charge is 0.293 e. The van der Waals surface area contributed by atoms with E-state index in [1.54, 1.807) is 18.3 Å². The van der Waals surface area contributed by atoms with Crippen LogP contribution in [0, 0.1) is 10.1 Å². The van der Waals surface area contributed by atoms with Crippen molar-refractivity contribution in [2.45, 2.75) is 24.1 Å². The van der Waals surface area contributed by atoms with E-state index in [2.05, 4.69) is 22.2 Å². The number of benzene rings is 2. The number of thiazole rings is 1. The molecule has 0 aliphatic carbocycles. The van der Waals surface area contributed by atoms with E-state index in [1.165, 1.54) is 23.1 Å². The van der Waals surface area contributed by atoms with E-state index in [-0.39, 0.29) is 16.5 Å². The summed E-state index contributed by atoms with van der Waals surface area (Å²) in [6.45, 7) is 5.18. The molecule has 1 fully saturated rings. The van der Waals surface area contributed by atoms with Crippen molar-refractivity contribution in [1.29, 1.82) is 0 Å². The van der Waals surface area contributed by atoms with Gasteiger partial charge in [-0.3, -0.25) is 19.9 Å². The number of unbranched alkanes of at least 4 members (excludes halogenated alkanes) is 1. The summed E-state index contributed by atoms with van der Waals surface area (Å²) in [5.41, 5.74) is 2.91. The van der Waals surface area contributed by atoms with E-state index in [4.69, 9.17) is 4.74 Å². The Balaban J connectivity index is 1.43. The third kappa shape index (κ3) is 6.77. The number of carbonyl (C=O) groups excluding carboxylic acids is 1. The van der Waals surface area contributed by atoms with Crippen LogP contribution in [-0.4, -0.2) is 60.6 Å². The summed E-state index contributed by atoms with van der Waals surface area (Å²) in [6, 6.07) is 10.9. The van der Waals surface area contributed by atoms with Crippen molar-refractivity contribution in [2.75, 3.05) is 43.5 Å². The van der Waals surface area contributed by atoms with Gasteiger partial charge in [0.25, 0.3) is 5.69 Å². The van der Waals surface area contributed by atoms with Crippen LogP contribution >= 0.6 is 23.1 Å². The first kappa shape index (κ1) is 25.1. The highest BCUT2D eigenvalue weighted by Gasteiger charge is 2.21. The number of fused-ring (bicyclic) bond motifs is 1. The Morgan fingerprint density at radius 3 is 2.91 bits per heavy atom. The Labute approximate surface area is 211 Å². The number of ether oxygens (including phenoxy) is 1. The van der Waals surface area contributed by atoms with Crippen molar-refractivity contribution in [2.24, 2.45) is 4.99 Å². The second-order valence-corrected chi connectivity index (χ2v) is 10.2. The van der Waals surface area contributed by atoms with Gasteiger partial charge >= 0.3 is 0 Å². The summed E-state index contributed by atoms with van der Waals surface area (Å²) < 4.78 is 7.16. The Hall–Kier alpha value is -3.02. The van der Waals surface area contributed by atoms with Crippen molar-refractivity contribution >= 4 is 62.5 Å². The average Bonchev–Trinajstić information content (AvgIpc) is 3.29. The molecule has 1 aliphatic rings. The third-order valence-electron chi connectivity index (χ3n) is 5.44. The molecule has 4 rings (SSSR count). The number of nitrogens with one attached hydrogen (secondary N) is 1. The fourth-order valence-corrected chi connectivity index (χ4v) is 5.54. The normalized spacial score (nSPS) is 14.0. The van der Waals surface area contributed by atoms with Crippen LogP contribution < -0.4 is 10.2 Å². The Morgan fingerprint density at radius 2 is 2.14 bits per heavy atom. The van der Waals surface area contributed by atoms with E-state index in [9.17, 15) is 14.9 Å². The Kier molecular flexibility index (Phi) is 8.67. The number of aliphatic imine (C=N–C) groups is 1. The number of rotatable bonds is 10. The number of hydrogen-bond acceptors (Lipinski definition) is 9. The summed E-state index contributed by atoms with van der Waals surface area (Å²) in [7, 11) is 0. The first-order chi connectivity index (χ1) is 17.0. The monoisotopic (exact) mass is 513 g/mol. The molecule has 0 unspecified atom stereocenters. The number of aromatic nitrogens is 1. The molecule has 11 heteroatoms. The van der Waals surface area contributed by atoms with Crippen LogP contribution in [-0.2, 0) is 9.53 Å². The highest BCUT2D eigenvalue weighted by Crippen LogP contribution is 2.32. The highest BCUT2D eigenvalue weighted by molar-refractivity contribution is 8.01. The van der Waals surface area contributed by atoms with Crippen LogP contribution in [0.4, 0.5) is 17.1 Å². The lowest BCUT2D eigenvalue weighted by Crippen LogP contribution is -2.36. The number of anilines is 1. The second kappa shape index (κ2) is 12.1. The zero-order valence-corrected chi connectivity index (χ0v) is 21.1. The van der Waals surface area contributed by atoms with Crippen LogP contribution in [0.3, 0.4) is 0 Å². The van der Waals surface area contributed by atoms with Crippen molar-refractivity contribution in [3.8, 4) is 0 Å². The standard InChI is InChI=1S/C24H27N5O4S2/c1-2-3-8-25-23(30)16-34-24-27-19-6-5-18(14-22(19)35-24)26-15-17-4-7-20(21(13-17)29(31)32)28-9-11-33-12-10-28/h4-7,13-15H,2-3,8-12,16H2,1H3,(H,25,30). The average molecular weight is 514 g/mol. The van der Waals surface area contributed by atoms with E-state index in [0.717, 1.165) is 33.1 Å². The van der Waals surface area contributed by atoms with E-state index >= 15 is 0 Å². The summed E-state index contributed by atoms with van der Waals surface area (Å²) in [4.78, 5) is 34.3. The molecule has 2 heterocycles. The molecule has 0 atom stereocenters. The number of thioether (sulfide) groups is 1. The van der Waals surface area contributed by atoms with E-state index in [1.807, 2.05) is 29.2 Å². The van der Waals surface area contributed by atoms with Crippen molar-refractivity contribution in [3.05, 3.63) is 52.1 Å². The van der Waals surface area contributed by atoms with Gasteiger partial charge in [-0.25, -0.2) is 4.98 Å². The van der Waals surface area contributed by atoms with Crippen LogP contribution in [0.25, 0.3) is 10.2 Å². The molecule has 9 nitrogen and oxygen atoms in total. The fraction of sp³-hybridized carbons (Fsp3) is 0.375. The molecule has 1 aliphatic heterocycles. The van der Waals surface area contributed by atoms with Crippen LogP contribution in [0.15, 0.2) is 45.7 Å². The molecule has 0 spiro atoms. The summed E-state index contributed by atoms with van der Waals surface area (Å²) in [5.74, 6) is 0.357. The summed E-state index contributed by atoms with van der Waals surface area (Å²) in [5, 5.41) is 14.6. The van der Waals surface area contributed by atoms with Crippen molar-refractivity contribution in [1.82, 2.24) is 10.3 Å². The zero-order chi connectivity index (χ0) is 24.6. The maximum Gasteiger partial charge on any atom is 0.293 e. The van der Waals surface area contributed by atoms with Gasteiger partial charge in [0.2, 0.25) is 5.91 Å². The topological polar surface area (TPSA) is 110 Å². The molecule has 0 saturated carbocycles. The van der Waals surface area contributed by atoms with Gasteiger partial charge in [-0.1, -0.05) is 31.2 Å². The predicted molar refractivity (Wildman–Crippen MR) is 142 cm³/mol. The fourth-order valence-electron chi connectivity index (χ4n) is 3.60. The molecule has 3 aromatic rings. The number of morpholine rings is 1. The molecule has 2 aromatic carbocycles. The number of nitrogens with zero attached hydrogens (tertiary/aromatic N) is 4. The number of hydrogen-bond donors (Lipinski definition) is 1. The number of amides is 1. The molecular formula is C24H27N5O4S2. The molecular weight excluding hydrogens is 486 g/mol. The lowest BCUT2D eigenvalue weighted by molar-refractivity contribution is -0.384. The predicted octanol–water partition coefficient (Wildman–Crippen LogP) is 4.80. The van der Waals surface area contributed by atoms with Gasteiger partial charge in [-0.15, -0.1) is 11.3 Å². The Morgan fingerprint density at radius 1 is 1.31 bits per heavy atom. The first-order valence-corrected chi connectivity index (χ1v) is 13.3. The minimum absolute atomic E-state index is 0.0155. The summed E-state index contributed by atoms with van der Waals surface area (Å²) in [6.07, 6.45) is 3.66. The van der Waals surface area contributed by atoms with Crippen LogP contribution in [0.1, 0.15) is 25.3 Å². The number of nitro benzene ring substituents is 1. The van der Waals surface area contributed by atoms with Crippen LogP contribution in [0.5, 0.6) is 0 Å². The highest BCUT2D eigenvalue weighted by atomic mass is 32.2. The van der Waals surface area contributed by atoms with Crippen molar-refractivity contribution < 1.29 is 14.5 Å². The minimum atomic E-state index is -0.352. The maximum absolute atomic E-state index is 11.9. The van der Waals surface area contributed by atoms with Gasteiger partial charge in [-0.2, -0.15) is 0 Å². The van der Waals surface area contributed by atoms with Crippen molar-refractivity contribution in [3.63, 3.8) is 0 Å². The third-order valence-corrected chi connectivity index (χ3v) is 7.60. The van der Waals surface area contributed by atoms with Gasteiger partial charge in [0, 0.05) is 31.9 Å². The molecule has 1 N–H and O–H groups in total. The largest absolute Gasteiger partial charge is 0.378 e. The van der Waals surface area contributed by atoms with Crippen LogP contribution in [0.2, 0.25) is 0 Å². The molecule has 1 aromatic heterocycles. The lowest BCUT2D eigenvalue weighted by atomic mass is 10.1. The second-order valence-electron chi connectivity index (χ2n) is 7.99.